The van der Waals surface area contributed by atoms with E-state index in [0.717, 1.165) is 31.2 Å². The van der Waals surface area contributed by atoms with Gasteiger partial charge in [-0.25, -0.2) is 0 Å². The fraction of sp³-hybridized carbons (Fsp3) is 0.500. The van der Waals surface area contributed by atoms with Crippen molar-refractivity contribution in [1.29, 1.82) is 0 Å². The predicted octanol–water partition coefficient (Wildman–Crippen LogP) is 2.16. The molecule has 1 aromatic carbocycles. The second-order valence-corrected chi connectivity index (χ2v) is 5.05. The lowest BCUT2D eigenvalue weighted by Gasteiger charge is -2.27. The number of carbonyl (C=O) groups is 1. The Bertz CT molecular complexity index is 445. The highest BCUT2D eigenvalue weighted by Crippen LogP contribution is 2.26. The van der Waals surface area contributed by atoms with E-state index in [1.165, 1.54) is 0 Å². The van der Waals surface area contributed by atoms with E-state index in [0.29, 0.717) is 5.69 Å². The Morgan fingerprint density at radius 3 is 2.78 bits per heavy atom. The summed E-state index contributed by atoms with van der Waals surface area (Å²) >= 11 is 0. The van der Waals surface area contributed by atoms with Crippen molar-refractivity contribution >= 4 is 11.6 Å². The van der Waals surface area contributed by atoms with Gasteiger partial charge in [0.2, 0.25) is 5.91 Å². The van der Waals surface area contributed by atoms with Crippen LogP contribution in [0, 0.1) is 12.8 Å². The Morgan fingerprint density at radius 1 is 1.39 bits per heavy atom. The zero-order valence-electron chi connectivity index (χ0n) is 10.6. The highest BCUT2D eigenvalue weighted by Gasteiger charge is 2.28. The van der Waals surface area contributed by atoms with Crippen LogP contribution in [0.4, 0.5) is 5.69 Å². The number of anilines is 1. The Balaban J connectivity index is 2.04. The molecule has 4 N–H and O–H groups in total. The van der Waals surface area contributed by atoms with Gasteiger partial charge in [-0.3, -0.25) is 4.79 Å². The molecule has 0 aromatic heterocycles. The number of carbonyl (C=O) groups excluding carboxylic acids is 1. The minimum absolute atomic E-state index is 0.0366. The summed E-state index contributed by atoms with van der Waals surface area (Å²) in [6.07, 6.45) is 3.93. The smallest absolute Gasteiger partial charge is 0.229 e. The number of nitrogens with one attached hydrogen (secondary N) is 1. The summed E-state index contributed by atoms with van der Waals surface area (Å²) in [4.78, 5) is 12.1. The molecule has 18 heavy (non-hydrogen) atoms. The molecular formula is C14H20N2O2. The van der Waals surface area contributed by atoms with Gasteiger partial charge in [-0.1, -0.05) is 18.9 Å². The van der Waals surface area contributed by atoms with Gasteiger partial charge in [-0.05, 0) is 31.4 Å². The van der Waals surface area contributed by atoms with E-state index in [4.69, 9.17) is 5.73 Å². The summed E-state index contributed by atoms with van der Waals surface area (Å²) in [6, 6.07) is 5.10. The van der Waals surface area contributed by atoms with Crippen LogP contribution in [0.15, 0.2) is 18.2 Å². The average Bonchev–Trinajstić information content (AvgIpc) is 2.34. The van der Waals surface area contributed by atoms with Gasteiger partial charge < -0.3 is 16.2 Å². The molecule has 98 valence electrons. The van der Waals surface area contributed by atoms with Crippen molar-refractivity contribution in [2.24, 2.45) is 11.7 Å². The molecule has 4 heteroatoms. The van der Waals surface area contributed by atoms with E-state index < -0.39 is 0 Å². The Hall–Kier alpha value is -1.55. The van der Waals surface area contributed by atoms with Gasteiger partial charge in [-0.15, -0.1) is 0 Å². The van der Waals surface area contributed by atoms with Crippen molar-refractivity contribution in [1.82, 2.24) is 0 Å². The topological polar surface area (TPSA) is 75.4 Å². The number of aryl methyl sites for hydroxylation is 1. The van der Waals surface area contributed by atoms with Gasteiger partial charge in [0.25, 0.3) is 0 Å². The van der Waals surface area contributed by atoms with Crippen molar-refractivity contribution in [2.45, 2.75) is 38.6 Å². The number of rotatable bonds is 2. The molecule has 0 heterocycles. The zero-order chi connectivity index (χ0) is 13.1. The van der Waals surface area contributed by atoms with Crippen LogP contribution >= 0.6 is 0 Å². The summed E-state index contributed by atoms with van der Waals surface area (Å²) in [5.74, 6) is 0.0494. The molecule has 1 saturated carbocycles. The van der Waals surface area contributed by atoms with Crippen LogP contribution in [-0.2, 0) is 4.79 Å². The van der Waals surface area contributed by atoms with Gasteiger partial charge in [0.05, 0.1) is 5.92 Å². The van der Waals surface area contributed by atoms with E-state index >= 15 is 0 Å². The molecule has 1 aliphatic rings. The highest BCUT2D eigenvalue weighted by atomic mass is 16.3. The van der Waals surface area contributed by atoms with E-state index in [-0.39, 0.29) is 23.6 Å². The molecule has 1 fully saturated rings. The van der Waals surface area contributed by atoms with Crippen molar-refractivity contribution in [3.8, 4) is 5.75 Å². The monoisotopic (exact) mass is 248 g/mol. The lowest BCUT2D eigenvalue weighted by atomic mass is 9.84. The molecule has 1 aliphatic carbocycles. The standard InChI is InChI=1S/C14H20N2O2/c1-9-6-7-10(8-13(9)17)16-14(18)11-4-2-3-5-12(11)15/h6-8,11-12,17H,2-5,15H2,1H3,(H,16,18). The number of hydrogen-bond donors (Lipinski definition) is 3. The van der Waals surface area contributed by atoms with Crippen molar-refractivity contribution in [2.75, 3.05) is 5.32 Å². The quantitative estimate of drug-likeness (QED) is 0.750. The molecule has 2 rings (SSSR count). The summed E-state index contributed by atoms with van der Waals surface area (Å²) in [5, 5.41) is 12.4. The number of nitrogens with two attached hydrogens (primary N) is 1. The van der Waals surface area contributed by atoms with Crippen molar-refractivity contribution in [3.05, 3.63) is 23.8 Å². The molecule has 0 aliphatic heterocycles. The average molecular weight is 248 g/mol. The molecule has 1 amide bonds. The second kappa shape index (κ2) is 5.40. The fourth-order valence-corrected chi connectivity index (χ4v) is 2.41. The first-order valence-electron chi connectivity index (χ1n) is 6.44. The lowest BCUT2D eigenvalue weighted by molar-refractivity contribution is -0.121. The number of benzene rings is 1. The van der Waals surface area contributed by atoms with Crippen LogP contribution in [0.1, 0.15) is 31.2 Å². The molecule has 0 spiro atoms. The third kappa shape index (κ3) is 2.82. The van der Waals surface area contributed by atoms with Crippen LogP contribution in [0.2, 0.25) is 0 Å². The predicted molar refractivity (Wildman–Crippen MR) is 71.4 cm³/mol. The van der Waals surface area contributed by atoms with Crippen LogP contribution < -0.4 is 11.1 Å². The zero-order valence-corrected chi connectivity index (χ0v) is 10.6. The summed E-state index contributed by atoms with van der Waals surface area (Å²) in [5.41, 5.74) is 7.40. The number of aromatic hydroxyl groups is 1. The van der Waals surface area contributed by atoms with Gasteiger partial charge >= 0.3 is 0 Å². The second-order valence-electron chi connectivity index (χ2n) is 5.05. The summed E-state index contributed by atoms with van der Waals surface area (Å²) in [6.45, 7) is 1.82. The summed E-state index contributed by atoms with van der Waals surface area (Å²) in [7, 11) is 0. The van der Waals surface area contributed by atoms with Crippen LogP contribution in [0.5, 0.6) is 5.75 Å². The molecule has 0 bridgehead atoms. The first-order valence-corrected chi connectivity index (χ1v) is 6.44. The minimum atomic E-state index is -0.109. The van der Waals surface area contributed by atoms with Crippen molar-refractivity contribution < 1.29 is 9.90 Å². The van der Waals surface area contributed by atoms with Gasteiger partial charge in [0.1, 0.15) is 5.75 Å². The highest BCUT2D eigenvalue weighted by molar-refractivity contribution is 5.93. The van der Waals surface area contributed by atoms with Gasteiger partial charge in [0, 0.05) is 17.8 Å². The first kappa shape index (κ1) is 12.9. The van der Waals surface area contributed by atoms with Gasteiger partial charge in [0.15, 0.2) is 0 Å². The molecule has 1 aromatic rings. The number of phenolic OH excluding ortho intramolecular Hbond substituents is 1. The lowest BCUT2D eigenvalue weighted by Crippen LogP contribution is -2.40. The number of amides is 1. The van der Waals surface area contributed by atoms with Crippen molar-refractivity contribution in [3.63, 3.8) is 0 Å². The maximum Gasteiger partial charge on any atom is 0.229 e. The van der Waals surface area contributed by atoms with Crippen LogP contribution in [0.3, 0.4) is 0 Å². The van der Waals surface area contributed by atoms with E-state index in [2.05, 4.69) is 5.32 Å². The normalized spacial score (nSPS) is 23.7. The Kier molecular flexibility index (Phi) is 3.87. The number of phenols is 1. The third-order valence-electron chi connectivity index (χ3n) is 3.63. The van der Waals surface area contributed by atoms with E-state index in [1.807, 2.05) is 6.92 Å². The molecule has 0 saturated heterocycles. The largest absolute Gasteiger partial charge is 0.508 e. The van der Waals surface area contributed by atoms with Crippen LogP contribution in [0.25, 0.3) is 0 Å². The van der Waals surface area contributed by atoms with Gasteiger partial charge in [-0.2, -0.15) is 0 Å². The third-order valence-corrected chi connectivity index (χ3v) is 3.63. The molecule has 2 unspecified atom stereocenters. The molecule has 2 atom stereocenters. The van der Waals surface area contributed by atoms with E-state index in [1.54, 1.807) is 18.2 Å². The first-order chi connectivity index (χ1) is 8.58. The maximum atomic E-state index is 12.1. The fourth-order valence-electron chi connectivity index (χ4n) is 2.41. The molecule has 0 radical (unpaired) electrons. The Morgan fingerprint density at radius 2 is 2.11 bits per heavy atom. The van der Waals surface area contributed by atoms with Crippen LogP contribution in [-0.4, -0.2) is 17.1 Å². The number of hydrogen-bond acceptors (Lipinski definition) is 3. The van der Waals surface area contributed by atoms with E-state index in [9.17, 15) is 9.90 Å². The summed E-state index contributed by atoms with van der Waals surface area (Å²) < 4.78 is 0. The minimum Gasteiger partial charge on any atom is -0.508 e. The molecular weight excluding hydrogens is 228 g/mol. The Labute approximate surface area is 107 Å². The maximum absolute atomic E-state index is 12.1. The molecule has 4 nitrogen and oxygen atoms in total. The SMILES string of the molecule is Cc1ccc(NC(=O)C2CCCCC2N)cc1O.